The van der Waals surface area contributed by atoms with Crippen molar-refractivity contribution >= 4 is 33.2 Å². The van der Waals surface area contributed by atoms with E-state index in [4.69, 9.17) is 11.6 Å². The fraction of sp³-hybridized carbons (Fsp3) is 0.167. The Labute approximate surface area is 153 Å². The number of benzene rings is 2. The Bertz CT molecular complexity index is 864. The molecule has 2 aromatic rings. The molecule has 2 aromatic carbocycles. The first-order valence-electron chi connectivity index (χ1n) is 7.57. The SMILES string of the molecule is C=CCNC(=O)CN(c1cccc(Cl)c1)S(=O)(=O)c1ccc(C)cc1. The van der Waals surface area contributed by atoms with Crippen molar-refractivity contribution in [1.29, 1.82) is 0 Å². The lowest BCUT2D eigenvalue weighted by atomic mass is 10.2. The number of halogens is 1. The van der Waals surface area contributed by atoms with Crippen molar-refractivity contribution < 1.29 is 13.2 Å². The van der Waals surface area contributed by atoms with Gasteiger partial charge in [-0.15, -0.1) is 6.58 Å². The molecule has 0 aliphatic heterocycles. The van der Waals surface area contributed by atoms with Crippen molar-refractivity contribution in [2.75, 3.05) is 17.4 Å². The highest BCUT2D eigenvalue weighted by Gasteiger charge is 2.27. The van der Waals surface area contributed by atoms with Crippen molar-refractivity contribution in [3.8, 4) is 0 Å². The van der Waals surface area contributed by atoms with Crippen LogP contribution in [-0.2, 0) is 14.8 Å². The Hall–Kier alpha value is -2.31. The average molecular weight is 379 g/mol. The zero-order valence-electron chi connectivity index (χ0n) is 13.8. The predicted molar refractivity (Wildman–Crippen MR) is 100 cm³/mol. The quantitative estimate of drug-likeness (QED) is 0.752. The number of rotatable bonds is 7. The van der Waals surface area contributed by atoms with Crippen molar-refractivity contribution in [1.82, 2.24) is 5.32 Å². The number of nitrogens with zero attached hydrogens (tertiary/aromatic N) is 1. The first-order valence-corrected chi connectivity index (χ1v) is 9.39. The summed E-state index contributed by atoms with van der Waals surface area (Å²) in [6.45, 7) is 5.29. The van der Waals surface area contributed by atoms with E-state index in [1.807, 2.05) is 6.92 Å². The van der Waals surface area contributed by atoms with Crippen LogP contribution in [0.5, 0.6) is 0 Å². The molecule has 2 rings (SSSR count). The van der Waals surface area contributed by atoms with Crippen LogP contribution in [0, 0.1) is 6.92 Å². The molecule has 5 nitrogen and oxygen atoms in total. The van der Waals surface area contributed by atoms with Gasteiger partial charge in [-0.05, 0) is 37.3 Å². The second-order valence-electron chi connectivity index (χ2n) is 5.40. The van der Waals surface area contributed by atoms with Crippen LogP contribution in [-0.4, -0.2) is 27.4 Å². The van der Waals surface area contributed by atoms with Crippen LogP contribution in [0.4, 0.5) is 5.69 Å². The number of carbonyl (C=O) groups excluding carboxylic acids is 1. The van der Waals surface area contributed by atoms with Gasteiger partial charge < -0.3 is 5.32 Å². The molecule has 0 unspecified atom stereocenters. The Balaban J connectivity index is 2.44. The molecule has 7 heteroatoms. The summed E-state index contributed by atoms with van der Waals surface area (Å²) < 4.78 is 27.1. The Morgan fingerprint density at radius 2 is 1.92 bits per heavy atom. The van der Waals surface area contributed by atoms with Gasteiger partial charge in [0, 0.05) is 11.6 Å². The van der Waals surface area contributed by atoms with Gasteiger partial charge in [-0.3, -0.25) is 9.10 Å². The van der Waals surface area contributed by atoms with E-state index in [2.05, 4.69) is 11.9 Å². The fourth-order valence-electron chi connectivity index (χ4n) is 2.16. The highest BCUT2D eigenvalue weighted by molar-refractivity contribution is 7.92. The molecule has 0 radical (unpaired) electrons. The molecule has 1 N–H and O–H groups in total. The molecular formula is C18H19ClN2O3S. The lowest BCUT2D eigenvalue weighted by molar-refractivity contribution is -0.119. The van der Waals surface area contributed by atoms with E-state index in [0.29, 0.717) is 10.7 Å². The normalized spacial score (nSPS) is 11.0. The zero-order valence-corrected chi connectivity index (χ0v) is 15.3. The molecule has 0 heterocycles. The third kappa shape index (κ3) is 4.84. The molecule has 0 spiro atoms. The van der Waals surface area contributed by atoms with E-state index in [-0.39, 0.29) is 18.0 Å². The fourth-order valence-corrected chi connectivity index (χ4v) is 3.75. The highest BCUT2D eigenvalue weighted by atomic mass is 35.5. The molecule has 0 bridgehead atoms. The second kappa shape index (κ2) is 8.18. The van der Waals surface area contributed by atoms with Crippen LogP contribution in [0.25, 0.3) is 0 Å². The van der Waals surface area contributed by atoms with E-state index in [9.17, 15) is 13.2 Å². The lowest BCUT2D eigenvalue weighted by Gasteiger charge is -2.24. The van der Waals surface area contributed by atoms with Gasteiger partial charge in [0.15, 0.2) is 0 Å². The van der Waals surface area contributed by atoms with Gasteiger partial charge in [0.25, 0.3) is 10.0 Å². The molecule has 0 saturated heterocycles. The molecule has 132 valence electrons. The Morgan fingerprint density at radius 3 is 2.52 bits per heavy atom. The number of nitrogens with one attached hydrogen (secondary N) is 1. The lowest BCUT2D eigenvalue weighted by Crippen LogP contribution is -2.40. The summed E-state index contributed by atoms with van der Waals surface area (Å²) in [6, 6.07) is 12.8. The van der Waals surface area contributed by atoms with Gasteiger partial charge in [-0.1, -0.05) is 41.4 Å². The van der Waals surface area contributed by atoms with Gasteiger partial charge in [-0.25, -0.2) is 8.42 Å². The monoisotopic (exact) mass is 378 g/mol. The summed E-state index contributed by atoms with van der Waals surface area (Å²) in [7, 11) is -3.92. The van der Waals surface area contributed by atoms with Crippen LogP contribution in [0.2, 0.25) is 5.02 Å². The van der Waals surface area contributed by atoms with Crippen LogP contribution in [0.3, 0.4) is 0 Å². The summed E-state index contributed by atoms with van der Waals surface area (Å²) in [5.74, 6) is -0.435. The van der Waals surface area contributed by atoms with Crippen LogP contribution in [0.1, 0.15) is 5.56 Å². The second-order valence-corrected chi connectivity index (χ2v) is 7.70. The first-order chi connectivity index (χ1) is 11.8. The van der Waals surface area contributed by atoms with Crippen LogP contribution < -0.4 is 9.62 Å². The van der Waals surface area contributed by atoms with Gasteiger partial charge in [0.1, 0.15) is 6.54 Å². The van der Waals surface area contributed by atoms with E-state index in [0.717, 1.165) is 9.87 Å². The zero-order chi connectivity index (χ0) is 18.4. The molecule has 0 saturated carbocycles. The maximum absolute atomic E-state index is 13.0. The van der Waals surface area contributed by atoms with Gasteiger partial charge in [0.2, 0.25) is 5.91 Å². The number of carbonyl (C=O) groups is 1. The molecule has 25 heavy (non-hydrogen) atoms. The van der Waals surface area contributed by atoms with E-state index >= 15 is 0 Å². The van der Waals surface area contributed by atoms with Crippen molar-refractivity contribution in [3.05, 3.63) is 71.8 Å². The number of aryl methyl sites for hydroxylation is 1. The summed E-state index contributed by atoms with van der Waals surface area (Å²) in [6.07, 6.45) is 1.52. The third-order valence-electron chi connectivity index (χ3n) is 3.44. The van der Waals surface area contributed by atoms with Crippen molar-refractivity contribution in [2.24, 2.45) is 0 Å². The number of hydrogen-bond donors (Lipinski definition) is 1. The van der Waals surface area contributed by atoms with E-state index in [1.165, 1.54) is 24.3 Å². The first kappa shape index (κ1) is 19.0. The standard InChI is InChI=1S/C18H19ClN2O3S/c1-3-11-20-18(22)13-21(16-6-4-5-15(19)12-16)25(23,24)17-9-7-14(2)8-10-17/h3-10,12H,1,11,13H2,2H3,(H,20,22). The minimum atomic E-state index is -3.92. The Kier molecular flexibility index (Phi) is 6.22. The molecule has 0 fully saturated rings. The minimum Gasteiger partial charge on any atom is -0.351 e. The number of anilines is 1. The van der Waals surface area contributed by atoms with Crippen molar-refractivity contribution in [3.63, 3.8) is 0 Å². The minimum absolute atomic E-state index is 0.106. The van der Waals surface area contributed by atoms with Crippen LogP contribution in [0.15, 0.2) is 66.1 Å². The average Bonchev–Trinajstić information content (AvgIpc) is 2.58. The summed E-state index contributed by atoms with van der Waals surface area (Å²) in [5.41, 5.74) is 1.26. The molecule has 1 amide bonds. The summed E-state index contributed by atoms with van der Waals surface area (Å²) in [4.78, 5) is 12.2. The number of hydrogen-bond acceptors (Lipinski definition) is 3. The smallest absolute Gasteiger partial charge is 0.264 e. The van der Waals surface area contributed by atoms with Gasteiger partial charge in [-0.2, -0.15) is 0 Å². The van der Waals surface area contributed by atoms with Gasteiger partial charge in [0.05, 0.1) is 10.6 Å². The molecule has 0 aromatic heterocycles. The highest BCUT2D eigenvalue weighted by Crippen LogP contribution is 2.26. The van der Waals surface area contributed by atoms with Crippen molar-refractivity contribution in [2.45, 2.75) is 11.8 Å². The number of sulfonamides is 1. The number of amides is 1. The largest absolute Gasteiger partial charge is 0.351 e. The maximum atomic E-state index is 13.0. The summed E-state index contributed by atoms with van der Waals surface area (Å²) in [5, 5.41) is 2.97. The maximum Gasteiger partial charge on any atom is 0.264 e. The topological polar surface area (TPSA) is 66.5 Å². The third-order valence-corrected chi connectivity index (χ3v) is 5.46. The molecular weight excluding hydrogens is 360 g/mol. The predicted octanol–water partition coefficient (Wildman–Crippen LogP) is 3.15. The van der Waals surface area contributed by atoms with E-state index < -0.39 is 15.9 Å². The van der Waals surface area contributed by atoms with Crippen LogP contribution >= 0.6 is 11.6 Å². The Morgan fingerprint density at radius 1 is 1.24 bits per heavy atom. The summed E-state index contributed by atoms with van der Waals surface area (Å²) >= 11 is 5.99. The molecule has 0 aliphatic carbocycles. The van der Waals surface area contributed by atoms with E-state index in [1.54, 1.807) is 30.3 Å². The van der Waals surface area contributed by atoms with Gasteiger partial charge >= 0.3 is 0 Å². The molecule has 0 aliphatic rings. The molecule has 0 atom stereocenters.